The maximum absolute atomic E-state index is 11.3. The summed E-state index contributed by atoms with van der Waals surface area (Å²) in [6.45, 7) is 5.68. The summed E-state index contributed by atoms with van der Waals surface area (Å²) >= 11 is 0. The van der Waals surface area contributed by atoms with Gasteiger partial charge in [0.1, 0.15) is 0 Å². The fraction of sp³-hybridized carbons (Fsp3) is 1.00. The molecule has 2 N–H and O–H groups in total. The highest BCUT2D eigenvalue weighted by molar-refractivity contribution is 7.80. The van der Waals surface area contributed by atoms with Gasteiger partial charge in [0.05, 0.1) is 14.9 Å². The summed E-state index contributed by atoms with van der Waals surface area (Å²) in [5, 5.41) is 10.5. The molecular weight excluding hydrogens is 364 g/mol. The Kier molecular flexibility index (Phi) is 3.87. The summed E-state index contributed by atoms with van der Waals surface area (Å²) in [5.41, 5.74) is -0.816. The Bertz CT molecular complexity index is 845. The average Bonchev–Trinajstić information content (AvgIpc) is 2.89. The molecule has 0 amide bonds. The highest BCUT2D eigenvalue weighted by Gasteiger charge is 2.60. The zero-order valence-corrected chi connectivity index (χ0v) is 17.4. The molecule has 0 spiro atoms. The van der Waals surface area contributed by atoms with Crippen molar-refractivity contribution in [1.29, 1.82) is 0 Å². The largest absolute Gasteiger partial charge is 0.397 e. The van der Waals surface area contributed by atoms with Crippen LogP contribution in [0.3, 0.4) is 0 Å². The Morgan fingerprint density at radius 1 is 1.15 bits per heavy atom. The highest BCUT2D eigenvalue weighted by Crippen LogP contribution is 2.67. The van der Waals surface area contributed by atoms with Crippen LogP contribution in [0.5, 0.6) is 0 Å². The van der Waals surface area contributed by atoms with E-state index >= 15 is 0 Å². The van der Waals surface area contributed by atoms with Crippen LogP contribution >= 0.6 is 0 Å². The van der Waals surface area contributed by atoms with E-state index < -0.39 is 34.3 Å². The van der Waals surface area contributed by atoms with Crippen LogP contribution in [-0.4, -0.2) is 30.2 Å². The molecule has 4 saturated carbocycles. The molecule has 4 aliphatic carbocycles. The maximum Gasteiger partial charge on any atom is 0.397 e. The van der Waals surface area contributed by atoms with Crippen molar-refractivity contribution in [3.05, 3.63) is 0 Å². The van der Waals surface area contributed by atoms with Gasteiger partial charge in [0, 0.05) is 2.74 Å². The second-order valence-electron chi connectivity index (χ2n) is 9.94. The van der Waals surface area contributed by atoms with Crippen molar-refractivity contribution in [1.82, 2.24) is 0 Å². The Morgan fingerprint density at radius 3 is 2.56 bits per heavy atom. The summed E-state index contributed by atoms with van der Waals surface area (Å²) in [5.74, 6) is -0.151. The van der Waals surface area contributed by atoms with Gasteiger partial charge in [-0.1, -0.05) is 13.8 Å². The summed E-state index contributed by atoms with van der Waals surface area (Å²) < 4.78 is 71.4. The molecule has 4 fully saturated rings. The first kappa shape index (κ1) is 15.6. The van der Waals surface area contributed by atoms with E-state index in [2.05, 4.69) is 13.8 Å². The van der Waals surface area contributed by atoms with Crippen LogP contribution < -0.4 is 0 Å². The van der Waals surface area contributed by atoms with Crippen LogP contribution in [-0.2, 0) is 14.6 Å². The van der Waals surface area contributed by atoms with Gasteiger partial charge in [0.2, 0.25) is 0 Å². The van der Waals surface area contributed by atoms with Gasteiger partial charge in [-0.3, -0.25) is 4.55 Å². The lowest BCUT2D eigenvalue weighted by Crippen LogP contribution is -2.54. The van der Waals surface area contributed by atoms with Gasteiger partial charge in [-0.25, -0.2) is 4.18 Å². The standard InChI is InChI=1S/C21H36O5S/c1-13(22)17-6-7-18-16-5-4-14-12-15(26-27(23,24)25)8-10-20(14,2)19(16)9-11-21(17,18)3/h13-19,22H,4-12H2,1-3H3,(H,23,24,25)/t13-,14+,15-,16+,17-,18+,19+,20+,21-/m1/s1/i9D2,13D,15D. The van der Waals surface area contributed by atoms with E-state index in [4.69, 9.17) is 14.2 Å². The molecular formula is C21H36O5S. The quantitative estimate of drug-likeness (QED) is 0.688. The third-order valence-electron chi connectivity index (χ3n) is 8.69. The number of rotatable bonds is 3. The van der Waals surface area contributed by atoms with Crippen molar-refractivity contribution >= 4 is 10.4 Å². The number of hydrogen-bond acceptors (Lipinski definition) is 4. The first-order chi connectivity index (χ1) is 13.9. The minimum absolute atomic E-state index is 0.0577. The molecule has 0 aromatic carbocycles. The molecule has 0 saturated heterocycles. The first-order valence-corrected chi connectivity index (χ1v) is 11.7. The van der Waals surface area contributed by atoms with E-state index in [0.29, 0.717) is 12.8 Å². The topological polar surface area (TPSA) is 83.8 Å². The van der Waals surface area contributed by atoms with Crippen molar-refractivity contribution < 1.29 is 27.7 Å². The molecule has 0 aromatic heterocycles. The van der Waals surface area contributed by atoms with E-state index in [1.165, 1.54) is 6.92 Å². The molecule has 0 unspecified atom stereocenters. The first-order valence-electron chi connectivity index (χ1n) is 12.3. The van der Waals surface area contributed by atoms with Crippen LogP contribution in [0.2, 0.25) is 0 Å². The lowest BCUT2D eigenvalue weighted by Gasteiger charge is -2.61. The molecule has 6 heteroatoms. The third kappa shape index (κ3) is 3.28. The van der Waals surface area contributed by atoms with Crippen LogP contribution in [0.4, 0.5) is 0 Å². The predicted molar refractivity (Wildman–Crippen MR) is 103 cm³/mol. The van der Waals surface area contributed by atoms with Gasteiger partial charge in [-0.2, -0.15) is 8.42 Å². The van der Waals surface area contributed by atoms with Crippen molar-refractivity contribution in [2.45, 2.75) is 90.7 Å². The minimum Gasteiger partial charge on any atom is -0.393 e. The summed E-state index contributed by atoms with van der Waals surface area (Å²) in [4.78, 5) is 0. The van der Waals surface area contributed by atoms with E-state index in [1.54, 1.807) is 0 Å². The van der Waals surface area contributed by atoms with Crippen LogP contribution in [0.1, 0.15) is 84.0 Å². The second-order valence-corrected chi connectivity index (χ2v) is 11.0. The van der Waals surface area contributed by atoms with Gasteiger partial charge in [0.15, 0.2) is 0 Å². The Labute approximate surface area is 169 Å². The number of aliphatic hydroxyl groups is 1. The summed E-state index contributed by atoms with van der Waals surface area (Å²) in [6.07, 6.45) is -0.529. The van der Waals surface area contributed by atoms with E-state index in [1.807, 2.05) is 0 Å². The average molecular weight is 405 g/mol. The predicted octanol–water partition coefficient (Wildman–Crippen LogP) is 4.21. The van der Waals surface area contributed by atoms with E-state index in [0.717, 1.165) is 25.7 Å². The van der Waals surface area contributed by atoms with Gasteiger partial charge >= 0.3 is 10.4 Å². The molecule has 156 valence electrons. The molecule has 0 aromatic rings. The fourth-order valence-electron chi connectivity index (χ4n) is 7.39. The lowest BCUT2D eigenvalue weighted by molar-refractivity contribution is -0.130. The van der Waals surface area contributed by atoms with Gasteiger partial charge in [-0.15, -0.1) is 0 Å². The fourth-order valence-corrected chi connectivity index (χ4v) is 7.84. The SMILES string of the molecule is [2H]C1([2H])C[C@@]2(C)[C@@H](CC[C@@H]2[C@@]([2H])(C)O)[C@@H]2CC[C@H]3C[C@]([2H])(OS(=O)(=O)O)CC[C@]3(C)[C@H]21. The normalized spacial score (nSPS) is 59.1. The smallest absolute Gasteiger partial charge is 0.393 e. The molecule has 4 rings (SSSR count). The molecule has 0 bridgehead atoms. The summed E-state index contributed by atoms with van der Waals surface area (Å²) in [7, 11) is -4.73. The molecule has 5 nitrogen and oxygen atoms in total. The van der Waals surface area contributed by atoms with E-state index in [-0.39, 0.29) is 47.8 Å². The van der Waals surface area contributed by atoms with Crippen molar-refractivity contribution in [2.24, 2.45) is 40.4 Å². The van der Waals surface area contributed by atoms with Crippen molar-refractivity contribution in [2.75, 3.05) is 0 Å². The van der Waals surface area contributed by atoms with Crippen molar-refractivity contribution in [3.8, 4) is 0 Å². The van der Waals surface area contributed by atoms with Crippen LogP contribution in [0.25, 0.3) is 0 Å². The van der Waals surface area contributed by atoms with Gasteiger partial charge in [0.25, 0.3) is 0 Å². The highest BCUT2D eigenvalue weighted by atomic mass is 32.3. The number of hydrogen-bond donors (Lipinski definition) is 2. The monoisotopic (exact) mass is 404 g/mol. The molecule has 9 atom stereocenters. The van der Waals surface area contributed by atoms with Gasteiger partial charge in [-0.05, 0) is 105 Å². The minimum atomic E-state index is -4.73. The maximum atomic E-state index is 11.3. The van der Waals surface area contributed by atoms with Gasteiger partial charge < -0.3 is 5.11 Å². The lowest BCUT2D eigenvalue weighted by atomic mass is 9.44. The summed E-state index contributed by atoms with van der Waals surface area (Å²) in [6, 6.07) is 0. The van der Waals surface area contributed by atoms with Crippen LogP contribution in [0, 0.1) is 40.4 Å². The number of fused-ring (bicyclic) bond motifs is 5. The molecule has 0 aliphatic heterocycles. The Hall–Kier alpha value is -0.170. The second kappa shape index (κ2) is 6.68. The van der Waals surface area contributed by atoms with Crippen molar-refractivity contribution in [3.63, 3.8) is 0 Å². The molecule has 27 heavy (non-hydrogen) atoms. The van der Waals surface area contributed by atoms with E-state index in [9.17, 15) is 13.5 Å². The molecule has 0 radical (unpaired) electrons. The Balaban J connectivity index is 1.66. The zero-order chi connectivity index (χ0) is 23.3. The zero-order valence-electron chi connectivity index (χ0n) is 20.6. The van der Waals surface area contributed by atoms with Crippen LogP contribution in [0.15, 0.2) is 0 Å². The molecule has 0 heterocycles. The third-order valence-corrected chi connectivity index (χ3v) is 9.14. The Morgan fingerprint density at radius 2 is 1.89 bits per heavy atom. The molecule has 4 aliphatic rings.